The van der Waals surface area contributed by atoms with Crippen molar-refractivity contribution in [2.24, 2.45) is 0 Å². The summed E-state index contributed by atoms with van der Waals surface area (Å²) in [6, 6.07) is 4.12. The Morgan fingerprint density at radius 2 is 1.55 bits per heavy atom. The quantitative estimate of drug-likeness (QED) is 0.849. The van der Waals surface area contributed by atoms with Crippen molar-refractivity contribution in [1.29, 1.82) is 0 Å². The van der Waals surface area contributed by atoms with E-state index in [1.165, 1.54) is 12.1 Å². The summed E-state index contributed by atoms with van der Waals surface area (Å²) in [5.41, 5.74) is -0.372. The van der Waals surface area contributed by atoms with E-state index in [0.29, 0.717) is 5.56 Å². The van der Waals surface area contributed by atoms with E-state index in [2.05, 4.69) is 0 Å². The van der Waals surface area contributed by atoms with Crippen molar-refractivity contribution in [3.63, 3.8) is 0 Å². The van der Waals surface area contributed by atoms with Crippen LogP contribution in [-0.2, 0) is 17.4 Å². The molecule has 0 fully saturated rings. The van der Waals surface area contributed by atoms with Crippen LogP contribution in [0.4, 0.5) is 26.3 Å². The summed E-state index contributed by atoms with van der Waals surface area (Å²) >= 11 is 0. The number of aryl methyl sites for hydroxylation is 1. The maximum Gasteiger partial charge on any atom is 0.416 e. The number of rotatable bonds is 4. The van der Waals surface area contributed by atoms with E-state index in [1.54, 1.807) is 5.32 Å². The Labute approximate surface area is 110 Å². The maximum atomic E-state index is 12.3. The molecular weight excluding hydrogens is 288 g/mol. The minimum atomic E-state index is -4.48. The Balaban J connectivity index is 2.44. The van der Waals surface area contributed by atoms with Gasteiger partial charge in [0.15, 0.2) is 0 Å². The van der Waals surface area contributed by atoms with Crippen LogP contribution in [-0.4, -0.2) is 18.6 Å². The van der Waals surface area contributed by atoms with Gasteiger partial charge in [-0.3, -0.25) is 4.79 Å². The van der Waals surface area contributed by atoms with Gasteiger partial charge in [0.05, 0.1) is 5.56 Å². The van der Waals surface area contributed by atoms with Crippen molar-refractivity contribution in [1.82, 2.24) is 5.32 Å². The molecule has 1 amide bonds. The smallest absolute Gasteiger partial charge is 0.347 e. The number of carbonyl (C=O) groups excluding carboxylic acids is 1. The zero-order valence-electron chi connectivity index (χ0n) is 10.1. The third-order valence-electron chi connectivity index (χ3n) is 2.41. The van der Waals surface area contributed by atoms with Gasteiger partial charge in [-0.1, -0.05) is 12.1 Å². The minimum absolute atomic E-state index is 0.0713. The molecule has 1 N–H and O–H groups in total. The standard InChI is InChI=1S/C12H11F6NO/c13-11(14,15)7-19-10(20)6-3-8-1-4-9(5-2-8)12(16,17)18/h1-2,4-5H,3,6-7H2,(H,19,20). The van der Waals surface area contributed by atoms with Gasteiger partial charge in [-0.25, -0.2) is 0 Å². The lowest BCUT2D eigenvalue weighted by molar-refractivity contribution is -0.138. The van der Waals surface area contributed by atoms with E-state index in [4.69, 9.17) is 0 Å². The molecule has 1 aromatic rings. The zero-order chi connectivity index (χ0) is 15.4. The van der Waals surface area contributed by atoms with E-state index in [9.17, 15) is 31.1 Å². The monoisotopic (exact) mass is 299 g/mol. The summed E-state index contributed by atoms with van der Waals surface area (Å²) in [6.07, 6.45) is -9.07. The molecule has 0 heterocycles. The summed E-state index contributed by atoms with van der Waals surface area (Å²) in [4.78, 5) is 11.1. The van der Waals surface area contributed by atoms with Crippen molar-refractivity contribution in [3.8, 4) is 0 Å². The number of hydrogen-bond acceptors (Lipinski definition) is 1. The molecule has 0 saturated heterocycles. The molecule has 0 aliphatic rings. The van der Waals surface area contributed by atoms with Gasteiger partial charge in [0.1, 0.15) is 6.54 Å². The molecule has 0 aromatic heterocycles. The Kier molecular flexibility index (Phi) is 5.02. The third-order valence-corrected chi connectivity index (χ3v) is 2.41. The molecule has 0 atom stereocenters. The predicted molar refractivity (Wildman–Crippen MR) is 58.8 cm³/mol. The van der Waals surface area contributed by atoms with Crippen molar-refractivity contribution in [2.45, 2.75) is 25.2 Å². The molecule has 0 unspecified atom stereocenters. The number of nitrogens with one attached hydrogen (secondary N) is 1. The number of alkyl halides is 6. The molecule has 0 aliphatic carbocycles. The van der Waals surface area contributed by atoms with Gasteiger partial charge in [0.2, 0.25) is 5.91 Å². The normalized spacial score (nSPS) is 12.3. The second kappa shape index (κ2) is 6.15. The highest BCUT2D eigenvalue weighted by atomic mass is 19.4. The zero-order valence-corrected chi connectivity index (χ0v) is 10.1. The first-order valence-corrected chi connectivity index (χ1v) is 5.57. The van der Waals surface area contributed by atoms with E-state index in [0.717, 1.165) is 12.1 Å². The highest BCUT2D eigenvalue weighted by Gasteiger charge is 2.30. The van der Waals surface area contributed by atoms with Gasteiger partial charge in [-0.05, 0) is 24.1 Å². The largest absolute Gasteiger partial charge is 0.416 e. The fourth-order valence-electron chi connectivity index (χ4n) is 1.41. The lowest BCUT2D eigenvalue weighted by Crippen LogP contribution is -2.33. The van der Waals surface area contributed by atoms with Crippen LogP contribution < -0.4 is 5.32 Å². The molecule has 1 aromatic carbocycles. The van der Waals surface area contributed by atoms with Crippen molar-refractivity contribution in [3.05, 3.63) is 35.4 Å². The summed E-state index contributed by atoms with van der Waals surface area (Å²) in [5, 5.41) is 1.68. The highest BCUT2D eigenvalue weighted by molar-refractivity contribution is 5.76. The molecule has 1 rings (SSSR count). The second-order valence-electron chi connectivity index (χ2n) is 4.09. The fourth-order valence-corrected chi connectivity index (χ4v) is 1.41. The molecule has 0 aliphatic heterocycles. The van der Waals surface area contributed by atoms with Gasteiger partial charge in [-0.15, -0.1) is 0 Å². The van der Waals surface area contributed by atoms with Crippen LogP contribution in [0.15, 0.2) is 24.3 Å². The Morgan fingerprint density at radius 1 is 1.00 bits per heavy atom. The van der Waals surface area contributed by atoms with Gasteiger partial charge < -0.3 is 5.32 Å². The summed E-state index contributed by atoms with van der Waals surface area (Å²) < 4.78 is 72.3. The summed E-state index contributed by atoms with van der Waals surface area (Å²) in [7, 11) is 0. The summed E-state index contributed by atoms with van der Waals surface area (Å²) in [6.45, 7) is -1.42. The van der Waals surface area contributed by atoms with Crippen LogP contribution in [0.25, 0.3) is 0 Å². The summed E-state index contributed by atoms with van der Waals surface area (Å²) in [5.74, 6) is -0.803. The first-order valence-electron chi connectivity index (χ1n) is 5.57. The molecule has 20 heavy (non-hydrogen) atoms. The Bertz CT molecular complexity index is 449. The lowest BCUT2D eigenvalue weighted by atomic mass is 10.1. The van der Waals surface area contributed by atoms with Gasteiger partial charge in [0.25, 0.3) is 0 Å². The van der Waals surface area contributed by atoms with E-state index in [-0.39, 0.29) is 12.8 Å². The van der Waals surface area contributed by atoms with Crippen LogP contribution in [0.2, 0.25) is 0 Å². The van der Waals surface area contributed by atoms with Crippen molar-refractivity contribution < 1.29 is 31.1 Å². The van der Waals surface area contributed by atoms with E-state index < -0.39 is 30.4 Å². The van der Waals surface area contributed by atoms with Crippen LogP contribution >= 0.6 is 0 Å². The van der Waals surface area contributed by atoms with Gasteiger partial charge in [-0.2, -0.15) is 26.3 Å². The Hall–Kier alpha value is -1.73. The van der Waals surface area contributed by atoms with Gasteiger partial charge in [0, 0.05) is 6.42 Å². The second-order valence-corrected chi connectivity index (χ2v) is 4.09. The van der Waals surface area contributed by atoms with Crippen LogP contribution in [0.3, 0.4) is 0 Å². The SMILES string of the molecule is O=C(CCc1ccc(C(F)(F)F)cc1)NCC(F)(F)F. The number of hydrogen-bond donors (Lipinski definition) is 1. The lowest BCUT2D eigenvalue weighted by Gasteiger charge is -2.09. The van der Waals surface area contributed by atoms with E-state index in [1.807, 2.05) is 0 Å². The molecule has 0 saturated carbocycles. The average molecular weight is 299 g/mol. The van der Waals surface area contributed by atoms with E-state index >= 15 is 0 Å². The molecule has 112 valence electrons. The molecule has 8 heteroatoms. The number of carbonyl (C=O) groups is 1. The van der Waals surface area contributed by atoms with Crippen LogP contribution in [0, 0.1) is 0 Å². The topological polar surface area (TPSA) is 29.1 Å². The average Bonchev–Trinajstić information content (AvgIpc) is 2.32. The first-order chi connectivity index (χ1) is 9.08. The molecule has 0 radical (unpaired) electrons. The maximum absolute atomic E-state index is 12.3. The molecule has 0 bridgehead atoms. The van der Waals surface area contributed by atoms with Crippen LogP contribution in [0.5, 0.6) is 0 Å². The highest BCUT2D eigenvalue weighted by Crippen LogP contribution is 2.29. The molecule has 2 nitrogen and oxygen atoms in total. The minimum Gasteiger partial charge on any atom is -0.347 e. The van der Waals surface area contributed by atoms with Crippen molar-refractivity contribution in [2.75, 3.05) is 6.54 Å². The van der Waals surface area contributed by atoms with Crippen LogP contribution in [0.1, 0.15) is 17.5 Å². The van der Waals surface area contributed by atoms with Crippen molar-refractivity contribution >= 4 is 5.91 Å². The predicted octanol–water partition coefficient (Wildman–Crippen LogP) is 3.32. The number of halogens is 6. The Morgan fingerprint density at radius 3 is 2.00 bits per heavy atom. The number of amides is 1. The fraction of sp³-hybridized carbons (Fsp3) is 0.417. The first kappa shape index (κ1) is 16.3. The number of benzene rings is 1. The third kappa shape index (κ3) is 5.94. The molecule has 0 spiro atoms. The molecular formula is C12H11F6NO. The van der Waals surface area contributed by atoms with Gasteiger partial charge >= 0.3 is 12.4 Å².